The second-order valence-corrected chi connectivity index (χ2v) is 7.38. The number of H-pyrrole nitrogens is 1. The first-order valence-corrected chi connectivity index (χ1v) is 9.14. The Hall–Kier alpha value is -3.22. The van der Waals surface area contributed by atoms with Crippen molar-refractivity contribution in [1.82, 2.24) is 19.4 Å². The standard InChI is InChI=1S/C18H21F3N4O6/c1-8(2)12(14(28)18(19,20)21)22-11(27)7-24-5-4-10-13(16(24)30)23-17(31)25(15(10)29)6-9(3)26/h4-5,8,12,14,28H,6-7H2,1-3H3,(H,22,27)(H,23,31). The molecule has 0 bridgehead atoms. The second kappa shape index (κ2) is 8.88. The minimum absolute atomic E-state index is 0.199. The molecule has 2 aromatic heterocycles. The third-order valence-electron chi connectivity index (χ3n) is 4.53. The number of rotatable bonds is 7. The number of ketones is 1. The summed E-state index contributed by atoms with van der Waals surface area (Å²) >= 11 is 0. The van der Waals surface area contributed by atoms with Crippen molar-refractivity contribution in [3.8, 4) is 0 Å². The highest BCUT2D eigenvalue weighted by Crippen LogP contribution is 2.25. The molecule has 0 spiro atoms. The van der Waals surface area contributed by atoms with Crippen LogP contribution in [0.25, 0.3) is 10.9 Å². The summed E-state index contributed by atoms with van der Waals surface area (Å²) in [5, 5.41) is 11.3. The van der Waals surface area contributed by atoms with Gasteiger partial charge in [-0.15, -0.1) is 0 Å². The van der Waals surface area contributed by atoms with E-state index in [2.05, 4.69) is 10.3 Å². The predicted molar refractivity (Wildman–Crippen MR) is 103 cm³/mol. The van der Waals surface area contributed by atoms with E-state index >= 15 is 0 Å². The molecular formula is C18H21F3N4O6. The lowest BCUT2D eigenvalue weighted by molar-refractivity contribution is -0.215. The maximum Gasteiger partial charge on any atom is 0.416 e. The third kappa shape index (κ3) is 5.29. The molecule has 0 saturated heterocycles. The van der Waals surface area contributed by atoms with Crippen LogP contribution in [-0.4, -0.2) is 49.2 Å². The molecule has 2 rings (SSSR count). The van der Waals surface area contributed by atoms with Crippen LogP contribution in [0, 0.1) is 5.92 Å². The second-order valence-electron chi connectivity index (χ2n) is 7.38. The Morgan fingerprint density at radius 2 is 1.77 bits per heavy atom. The first-order chi connectivity index (χ1) is 14.2. The fourth-order valence-corrected chi connectivity index (χ4v) is 2.98. The molecule has 0 aromatic carbocycles. The lowest BCUT2D eigenvalue weighted by atomic mass is 9.98. The number of nitrogens with zero attached hydrogens (tertiary/aromatic N) is 2. The van der Waals surface area contributed by atoms with Gasteiger partial charge in [0.2, 0.25) is 5.91 Å². The van der Waals surface area contributed by atoms with Gasteiger partial charge in [0, 0.05) is 6.20 Å². The van der Waals surface area contributed by atoms with Crippen LogP contribution in [0.4, 0.5) is 13.2 Å². The summed E-state index contributed by atoms with van der Waals surface area (Å²) in [7, 11) is 0. The molecule has 3 N–H and O–H groups in total. The van der Waals surface area contributed by atoms with Crippen LogP contribution in [0.2, 0.25) is 0 Å². The fourth-order valence-electron chi connectivity index (χ4n) is 2.98. The first-order valence-electron chi connectivity index (χ1n) is 9.14. The number of fused-ring (bicyclic) bond motifs is 1. The first kappa shape index (κ1) is 24.1. The molecule has 0 aliphatic rings. The number of aliphatic hydroxyl groups is 1. The number of pyridine rings is 1. The SMILES string of the molecule is CC(=O)Cn1c(=O)[nH]c2c(=O)n(CC(=O)NC(C(C)C)C(O)C(F)(F)F)ccc2c1=O. The van der Waals surface area contributed by atoms with E-state index in [1.807, 2.05) is 0 Å². The number of carbonyl (C=O) groups is 2. The Morgan fingerprint density at radius 1 is 1.16 bits per heavy atom. The summed E-state index contributed by atoms with van der Waals surface area (Å²) in [5.74, 6) is -2.22. The number of nitrogens with one attached hydrogen (secondary N) is 2. The fraction of sp³-hybridized carbons (Fsp3) is 0.500. The molecule has 31 heavy (non-hydrogen) atoms. The number of hydrogen-bond acceptors (Lipinski definition) is 6. The van der Waals surface area contributed by atoms with Crippen molar-refractivity contribution >= 4 is 22.6 Å². The molecule has 0 fully saturated rings. The molecule has 0 aliphatic carbocycles. The minimum atomic E-state index is -4.96. The number of halogens is 3. The van der Waals surface area contributed by atoms with E-state index in [-0.39, 0.29) is 5.39 Å². The highest BCUT2D eigenvalue weighted by Gasteiger charge is 2.45. The van der Waals surface area contributed by atoms with Crippen molar-refractivity contribution in [2.45, 2.75) is 52.2 Å². The number of hydrogen-bond donors (Lipinski definition) is 3. The number of aliphatic hydroxyl groups excluding tert-OH is 1. The molecule has 1 amide bonds. The van der Waals surface area contributed by atoms with E-state index in [0.29, 0.717) is 4.57 Å². The number of aromatic nitrogens is 3. The monoisotopic (exact) mass is 446 g/mol. The van der Waals surface area contributed by atoms with Crippen molar-refractivity contribution in [2.75, 3.05) is 0 Å². The van der Waals surface area contributed by atoms with E-state index in [4.69, 9.17) is 0 Å². The van der Waals surface area contributed by atoms with Crippen LogP contribution in [0.5, 0.6) is 0 Å². The van der Waals surface area contributed by atoms with Crippen LogP contribution in [0.1, 0.15) is 20.8 Å². The van der Waals surface area contributed by atoms with Crippen LogP contribution < -0.4 is 22.1 Å². The smallest absolute Gasteiger partial charge is 0.382 e. The Balaban J connectivity index is 2.38. The highest BCUT2D eigenvalue weighted by atomic mass is 19.4. The largest absolute Gasteiger partial charge is 0.416 e. The zero-order valence-electron chi connectivity index (χ0n) is 16.8. The van der Waals surface area contributed by atoms with Crippen LogP contribution in [0.15, 0.2) is 26.6 Å². The van der Waals surface area contributed by atoms with Crippen LogP contribution >= 0.6 is 0 Å². The minimum Gasteiger partial charge on any atom is -0.382 e. The van der Waals surface area contributed by atoms with E-state index in [1.54, 1.807) is 0 Å². The molecule has 0 aliphatic heterocycles. The van der Waals surface area contributed by atoms with Crippen molar-refractivity contribution in [2.24, 2.45) is 5.92 Å². The Morgan fingerprint density at radius 3 is 2.29 bits per heavy atom. The number of amides is 1. The van der Waals surface area contributed by atoms with Crippen molar-refractivity contribution in [3.63, 3.8) is 0 Å². The summed E-state index contributed by atoms with van der Waals surface area (Å²) in [5.41, 5.74) is -3.23. The zero-order valence-corrected chi connectivity index (χ0v) is 16.8. The summed E-state index contributed by atoms with van der Waals surface area (Å²) in [4.78, 5) is 62.7. The van der Waals surface area contributed by atoms with Gasteiger partial charge in [0.15, 0.2) is 6.10 Å². The van der Waals surface area contributed by atoms with E-state index in [9.17, 15) is 42.3 Å². The predicted octanol–water partition coefficient (Wildman–Crippen LogP) is -0.495. The number of alkyl halides is 3. The van der Waals surface area contributed by atoms with Gasteiger partial charge >= 0.3 is 11.9 Å². The molecule has 13 heteroatoms. The Kier molecular flexibility index (Phi) is 6.89. The van der Waals surface area contributed by atoms with Gasteiger partial charge in [-0.1, -0.05) is 13.8 Å². The molecule has 2 heterocycles. The molecule has 170 valence electrons. The van der Waals surface area contributed by atoms with Crippen molar-refractivity contribution in [1.29, 1.82) is 0 Å². The average molecular weight is 446 g/mol. The van der Waals surface area contributed by atoms with Gasteiger partial charge in [-0.25, -0.2) is 4.79 Å². The molecule has 2 unspecified atom stereocenters. The Labute approximate surface area is 172 Å². The van der Waals surface area contributed by atoms with E-state index in [1.165, 1.54) is 20.8 Å². The van der Waals surface area contributed by atoms with E-state index < -0.39 is 71.3 Å². The summed E-state index contributed by atoms with van der Waals surface area (Å²) in [6.45, 7) is 2.71. The van der Waals surface area contributed by atoms with Gasteiger partial charge in [-0.05, 0) is 18.9 Å². The maximum atomic E-state index is 12.8. The van der Waals surface area contributed by atoms with Gasteiger partial charge in [0.05, 0.1) is 18.0 Å². The van der Waals surface area contributed by atoms with Gasteiger partial charge in [-0.2, -0.15) is 13.2 Å². The number of carbonyl (C=O) groups excluding carboxylic acids is 2. The lowest BCUT2D eigenvalue weighted by Crippen LogP contribution is -2.53. The Bertz CT molecular complexity index is 1180. The average Bonchev–Trinajstić information content (AvgIpc) is 2.64. The molecular weight excluding hydrogens is 425 g/mol. The number of aromatic amines is 1. The van der Waals surface area contributed by atoms with Crippen molar-refractivity contribution in [3.05, 3.63) is 43.5 Å². The maximum absolute atomic E-state index is 12.8. The number of Topliss-reactive ketones (excluding diaryl/α,β-unsaturated/α-hetero) is 1. The molecule has 10 nitrogen and oxygen atoms in total. The third-order valence-corrected chi connectivity index (χ3v) is 4.53. The van der Waals surface area contributed by atoms with Gasteiger partial charge < -0.3 is 20.0 Å². The topological polar surface area (TPSA) is 143 Å². The van der Waals surface area contributed by atoms with Gasteiger partial charge in [0.1, 0.15) is 17.8 Å². The van der Waals surface area contributed by atoms with Crippen LogP contribution in [-0.2, 0) is 22.7 Å². The molecule has 0 saturated carbocycles. The van der Waals surface area contributed by atoms with Gasteiger partial charge in [-0.3, -0.25) is 23.7 Å². The summed E-state index contributed by atoms with van der Waals surface area (Å²) in [6, 6.07) is -0.508. The van der Waals surface area contributed by atoms with E-state index in [0.717, 1.165) is 16.8 Å². The molecule has 2 aromatic rings. The summed E-state index contributed by atoms with van der Waals surface area (Å²) in [6.07, 6.45) is -6.70. The zero-order chi connectivity index (χ0) is 23.7. The lowest BCUT2D eigenvalue weighted by Gasteiger charge is -2.28. The van der Waals surface area contributed by atoms with Crippen LogP contribution in [0.3, 0.4) is 0 Å². The quantitative estimate of drug-likeness (QED) is 0.524. The molecule has 2 atom stereocenters. The van der Waals surface area contributed by atoms with Crippen molar-refractivity contribution < 1.29 is 27.9 Å². The normalized spacial score (nSPS) is 13.9. The van der Waals surface area contributed by atoms with Gasteiger partial charge in [0.25, 0.3) is 11.1 Å². The highest BCUT2D eigenvalue weighted by molar-refractivity contribution is 5.79. The summed E-state index contributed by atoms with van der Waals surface area (Å²) < 4.78 is 39.9. The molecule has 0 radical (unpaired) electrons.